The first kappa shape index (κ1) is 22.3. The Hall–Kier alpha value is -1.34. The summed E-state index contributed by atoms with van der Waals surface area (Å²) in [6.45, 7) is 7.31. The summed E-state index contributed by atoms with van der Waals surface area (Å²) in [6.07, 6.45) is 21.8. The maximum atomic E-state index is 5.67. The van der Waals surface area contributed by atoms with Gasteiger partial charge in [-0.15, -0.1) is 6.58 Å². The van der Waals surface area contributed by atoms with Gasteiger partial charge in [0.05, 0.1) is 13.2 Å². The lowest BCUT2D eigenvalue weighted by atomic mass is 9.68. The molecule has 0 saturated heterocycles. The molecular weight excluding hydrogens is 352 g/mol. The highest BCUT2D eigenvalue weighted by Gasteiger charge is 2.31. The lowest BCUT2D eigenvalue weighted by Gasteiger charge is -2.38. The van der Waals surface area contributed by atoms with E-state index in [4.69, 9.17) is 4.74 Å². The smallest absolute Gasteiger partial charge is 0.0721 e. The molecule has 160 valence electrons. The first-order valence-electron chi connectivity index (χ1n) is 12.2. The molecule has 1 aromatic carbocycles. The summed E-state index contributed by atoms with van der Waals surface area (Å²) in [4.78, 5) is 0. The van der Waals surface area contributed by atoms with E-state index in [2.05, 4.69) is 43.0 Å². The van der Waals surface area contributed by atoms with Crippen LogP contribution in [0, 0.1) is 17.8 Å². The normalized spacial score (nSPS) is 27.9. The molecule has 2 saturated carbocycles. The Labute approximate surface area is 179 Å². The van der Waals surface area contributed by atoms with Crippen LogP contribution in [0.1, 0.15) is 94.6 Å². The van der Waals surface area contributed by atoms with E-state index in [1.807, 2.05) is 13.0 Å². The van der Waals surface area contributed by atoms with Gasteiger partial charge in [0.2, 0.25) is 0 Å². The molecule has 3 rings (SSSR count). The Morgan fingerprint density at radius 3 is 2.21 bits per heavy atom. The first-order chi connectivity index (χ1) is 14.3. The van der Waals surface area contributed by atoms with Gasteiger partial charge < -0.3 is 4.74 Å². The lowest BCUT2D eigenvalue weighted by Crippen LogP contribution is -2.25. The summed E-state index contributed by atoms with van der Waals surface area (Å²) in [5.41, 5.74) is 2.84. The van der Waals surface area contributed by atoms with Crippen LogP contribution in [0.25, 0.3) is 0 Å². The Morgan fingerprint density at radius 2 is 1.59 bits per heavy atom. The van der Waals surface area contributed by atoms with Crippen molar-refractivity contribution in [2.75, 3.05) is 6.61 Å². The highest BCUT2D eigenvalue weighted by atomic mass is 16.5. The zero-order valence-electron chi connectivity index (χ0n) is 18.7. The van der Waals surface area contributed by atoms with Gasteiger partial charge in [0.25, 0.3) is 0 Å². The average molecular weight is 395 g/mol. The zero-order valence-corrected chi connectivity index (χ0v) is 18.7. The van der Waals surface area contributed by atoms with Gasteiger partial charge in [0, 0.05) is 0 Å². The molecule has 2 fully saturated rings. The number of hydrogen-bond donors (Lipinski definition) is 0. The Morgan fingerprint density at radius 1 is 0.931 bits per heavy atom. The van der Waals surface area contributed by atoms with Crippen molar-refractivity contribution in [3.63, 3.8) is 0 Å². The minimum atomic E-state index is 0.707. The zero-order chi connectivity index (χ0) is 20.3. The third kappa shape index (κ3) is 7.14. The van der Waals surface area contributed by atoms with Crippen LogP contribution in [0.3, 0.4) is 0 Å². The standard InChI is InChI=1S/C28H42O/c1-3-5-7-8-23-9-13-25(14-10-23)27-17-19-28(20-18-27)26-15-11-24(12-16-26)22-29-21-6-4-2/h3-4,6,11-12,15-16,23,25,27-28H,1,5,7-10,13-14,17-22H2,2H3/b6-4+/t23-,25-,27?,28?. The van der Waals surface area contributed by atoms with Crippen LogP contribution >= 0.6 is 0 Å². The van der Waals surface area contributed by atoms with Crippen LogP contribution in [0.5, 0.6) is 0 Å². The van der Waals surface area contributed by atoms with E-state index < -0.39 is 0 Å². The van der Waals surface area contributed by atoms with Gasteiger partial charge in [-0.25, -0.2) is 0 Å². The van der Waals surface area contributed by atoms with Crippen LogP contribution in [-0.4, -0.2) is 6.61 Å². The van der Waals surface area contributed by atoms with Gasteiger partial charge >= 0.3 is 0 Å². The van der Waals surface area contributed by atoms with Crippen molar-refractivity contribution in [1.82, 2.24) is 0 Å². The number of hydrogen-bond acceptors (Lipinski definition) is 1. The van der Waals surface area contributed by atoms with Crippen molar-refractivity contribution in [2.45, 2.75) is 90.1 Å². The lowest BCUT2D eigenvalue weighted by molar-refractivity contribution is 0.148. The molecule has 0 aliphatic heterocycles. The van der Waals surface area contributed by atoms with Gasteiger partial charge in [-0.1, -0.05) is 61.8 Å². The van der Waals surface area contributed by atoms with E-state index >= 15 is 0 Å². The van der Waals surface area contributed by atoms with E-state index in [0.717, 1.165) is 23.7 Å². The molecule has 1 nitrogen and oxygen atoms in total. The molecule has 0 N–H and O–H groups in total. The third-order valence-corrected chi connectivity index (χ3v) is 7.52. The minimum absolute atomic E-state index is 0.707. The molecule has 0 aromatic heterocycles. The van der Waals surface area contributed by atoms with Gasteiger partial charge in [0.1, 0.15) is 0 Å². The molecule has 0 amide bonds. The van der Waals surface area contributed by atoms with Crippen LogP contribution in [-0.2, 0) is 11.3 Å². The summed E-state index contributed by atoms with van der Waals surface area (Å²) in [6, 6.07) is 9.25. The van der Waals surface area contributed by atoms with Crippen molar-refractivity contribution in [1.29, 1.82) is 0 Å². The maximum absolute atomic E-state index is 5.67. The monoisotopic (exact) mass is 394 g/mol. The second-order valence-electron chi connectivity index (χ2n) is 9.44. The van der Waals surface area contributed by atoms with E-state index in [1.165, 1.54) is 76.2 Å². The van der Waals surface area contributed by atoms with Crippen LogP contribution in [0.15, 0.2) is 49.1 Å². The number of unbranched alkanes of at least 4 members (excludes halogenated alkanes) is 1. The first-order valence-corrected chi connectivity index (χ1v) is 12.2. The third-order valence-electron chi connectivity index (χ3n) is 7.52. The van der Waals surface area contributed by atoms with Gasteiger partial charge in [-0.2, -0.15) is 0 Å². The van der Waals surface area contributed by atoms with E-state index in [9.17, 15) is 0 Å². The van der Waals surface area contributed by atoms with Crippen LogP contribution in [0.2, 0.25) is 0 Å². The summed E-state index contributed by atoms with van der Waals surface area (Å²) in [7, 11) is 0. The second-order valence-corrected chi connectivity index (χ2v) is 9.44. The summed E-state index contributed by atoms with van der Waals surface area (Å²) < 4.78 is 5.67. The molecule has 0 heterocycles. The molecule has 2 aliphatic carbocycles. The molecule has 0 unspecified atom stereocenters. The molecule has 0 spiro atoms. The van der Waals surface area contributed by atoms with Crippen molar-refractivity contribution >= 4 is 0 Å². The summed E-state index contributed by atoms with van der Waals surface area (Å²) >= 11 is 0. The predicted octanol–water partition coefficient (Wildman–Crippen LogP) is 8.22. The van der Waals surface area contributed by atoms with Crippen molar-refractivity contribution in [2.24, 2.45) is 17.8 Å². The molecule has 0 atom stereocenters. The SMILES string of the molecule is C=CCCC[C@H]1CC[C@H](C2CCC(c3ccc(COC/C=C/C)cc3)CC2)CC1. The Bertz CT molecular complexity index is 598. The number of allylic oxidation sites excluding steroid dienone is 2. The molecule has 0 bridgehead atoms. The van der Waals surface area contributed by atoms with Crippen molar-refractivity contribution in [3.05, 3.63) is 60.2 Å². The van der Waals surface area contributed by atoms with Crippen molar-refractivity contribution in [3.8, 4) is 0 Å². The average Bonchev–Trinajstić information content (AvgIpc) is 2.78. The van der Waals surface area contributed by atoms with Crippen LogP contribution < -0.4 is 0 Å². The van der Waals surface area contributed by atoms with Crippen molar-refractivity contribution < 1.29 is 4.74 Å². The molecule has 1 heteroatoms. The number of benzene rings is 1. The van der Waals surface area contributed by atoms with Gasteiger partial charge in [-0.3, -0.25) is 0 Å². The fraction of sp³-hybridized carbons (Fsp3) is 0.643. The highest BCUT2D eigenvalue weighted by Crippen LogP contribution is 2.44. The fourth-order valence-corrected chi connectivity index (χ4v) is 5.65. The quantitative estimate of drug-likeness (QED) is 0.287. The largest absolute Gasteiger partial charge is 0.373 e. The molecule has 1 aromatic rings. The number of ether oxygens (including phenoxy) is 1. The second kappa shape index (κ2) is 12.4. The van der Waals surface area contributed by atoms with E-state index in [1.54, 1.807) is 5.56 Å². The minimum Gasteiger partial charge on any atom is -0.373 e. The molecule has 0 radical (unpaired) electrons. The number of rotatable bonds is 10. The fourth-order valence-electron chi connectivity index (χ4n) is 5.65. The Kier molecular flexibility index (Phi) is 9.54. The Balaban J connectivity index is 1.37. The maximum Gasteiger partial charge on any atom is 0.0721 e. The summed E-state index contributed by atoms with van der Waals surface area (Å²) in [5.74, 6) is 3.80. The predicted molar refractivity (Wildman–Crippen MR) is 125 cm³/mol. The summed E-state index contributed by atoms with van der Waals surface area (Å²) in [5, 5.41) is 0. The van der Waals surface area contributed by atoms with E-state index in [0.29, 0.717) is 13.2 Å². The van der Waals surface area contributed by atoms with Gasteiger partial charge in [-0.05, 0) is 93.1 Å². The van der Waals surface area contributed by atoms with E-state index in [-0.39, 0.29) is 0 Å². The topological polar surface area (TPSA) is 9.23 Å². The molecule has 29 heavy (non-hydrogen) atoms. The van der Waals surface area contributed by atoms with Crippen LogP contribution in [0.4, 0.5) is 0 Å². The van der Waals surface area contributed by atoms with Gasteiger partial charge in [0.15, 0.2) is 0 Å². The highest BCUT2D eigenvalue weighted by molar-refractivity contribution is 5.25. The molecular formula is C28H42O. The molecule has 2 aliphatic rings.